The van der Waals surface area contributed by atoms with Gasteiger partial charge in [0, 0.05) is 51.2 Å². The molecule has 2 aromatic rings. The van der Waals surface area contributed by atoms with E-state index in [2.05, 4.69) is 25.9 Å². The zero-order valence-electron chi connectivity index (χ0n) is 16.3. The quantitative estimate of drug-likeness (QED) is 0.817. The number of aromatic nitrogens is 3. The normalized spacial score (nSPS) is 23.1. The molecule has 4 heterocycles. The molecule has 0 bridgehead atoms. The number of rotatable bonds is 3. The van der Waals surface area contributed by atoms with E-state index < -0.39 is 0 Å². The third kappa shape index (κ3) is 3.37. The van der Waals surface area contributed by atoms with Crippen molar-refractivity contribution < 1.29 is 9.59 Å². The summed E-state index contributed by atoms with van der Waals surface area (Å²) in [5.41, 5.74) is 3.19. The molecule has 29 heavy (non-hydrogen) atoms. The summed E-state index contributed by atoms with van der Waals surface area (Å²) in [5, 5.41) is 2.78. The molecule has 2 aromatic heterocycles. The first-order chi connectivity index (χ1) is 14.1. The summed E-state index contributed by atoms with van der Waals surface area (Å²) in [6.45, 7) is 1.54. The summed E-state index contributed by atoms with van der Waals surface area (Å²) in [6.07, 6.45) is 13.4. The lowest BCUT2D eigenvalue weighted by Gasteiger charge is -2.16. The molecule has 0 saturated carbocycles. The van der Waals surface area contributed by atoms with Crippen LogP contribution in [0, 0.1) is 11.8 Å². The Balaban J connectivity index is 1.23. The Morgan fingerprint density at radius 2 is 2.17 bits per heavy atom. The molecule has 2 aliphatic heterocycles. The molecular weight excluding hydrogens is 366 g/mol. The minimum Gasteiger partial charge on any atom is -0.338 e. The Morgan fingerprint density at radius 3 is 2.97 bits per heavy atom. The van der Waals surface area contributed by atoms with Crippen LogP contribution in [0.5, 0.6) is 0 Å². The molecule has 7 nitrogen and oxygen atoms in total. The minimum absolute atomic E-state index is 0.00294. The van der Waals surface area contributed by atoms with Crippen molar-refractivity contribution >= 4 is 29.3 Å². The van der Waals surface area contributed by atoms with Crippen LogP contribution in [0.3, 0.4) is 0 Å². The summed E-state index contributed by atoms with van der Waals surface area (Å²) in [5.74, 6) is 2.60. The van der Waals surface area contributed by atoms with Gasteiger partial charge in [0.05, 0.1) is 0 Å². The number of likely N-dealkylation sites (tertiary alicyclic amines) is 1. The number of amides is 2. The number of anilines is 1. The highest BCUT2D eigenvalue weighted by Crippen LogP contribution is 2.40. The molecular formula is C22H23N5O2. The lowest BCUT2D eigenvalue weighted by Crippen LogP contribution is -2.27. The lowest BCUT2D eigenvalue weighted by molar-refractivity contribution is -0.125. The van der Waals surface area contributed by atoms with Crippen molar-refractivity contribution in [3.05, 3.63) is 53.8 Å². The summed E-state index contributed by atoms with van der Waals surface area (Å²) in [7, 11) is 2.02. The molecule has 2 amide bonds. The van der Waals surface area contributed by atoms with Gasteiger partial charge in [-0.2, -0.15) is 0 Å². The Labute approximate surface area is 169 Å². The average Bonchev–Trinajstić information content (AvgIpc) is 3.40. The van der Waals surface area contributed by atoms with Crippen molar-refractivity contribution in [2.24, 2.45) is 18.9 Å². The SMILES string of the molecule is Cn1ccnc1C1=CC2CN(C(=O)C=Cc3cnc4c(c3)CCC(=O)N4)CC2C1. The first-order valence-corrected chi connectivity index (χ1v) is 10.0. The molecule has 3 aliphatic rings. The second-order valence-corrected chi connectivity index (χ2v) is 8.08. The van der Waals surface area contributed by atoms with E-state index in [9.17, 15) is 9.59 Å². The van der Waals surface area contributed by atoms with E-state index in [1.807, 2.05) is 36.5 Å². The summed E-state index contributed by atoms with van der Waals surface area (Å²) in [4.78, 5) is 34.8. The van der Waals surface area contributed by atoms with Crippen LogP contribution in [0.2, 0.25) is 0 Å². The van der Waals surface area contributed by atoms with Crippen molar-refractivity contribution in [3.8, 4) is 0 Å². The Bertz CT molecular complexity index is 1050. The second-order valence-electron chi connectivity index (χ2n) is 8.08. The third-order valence-corrected chi connectivity index (χ3v) is 6.09. The highest BCUT2D eigenvalue weighted by molar-refractivity contribution is 5.94. The van der Waals surface area contributed by atoms with E-state index in [0.717, 1.165) is 36.5 Å². The fourth-order valence-electron chi connectivity index (χ4n) is 4.57. The number of hydrogen-bond donors (Lipinski definition) is 1. The lowest BCUT2D eigenvalue weighted by atomic mass is 10.00. The van der Waals surface area contributed by atoms with Gasteiger partial charge in [-0.15, -0.1) is 0 Å². The number of nitrogens with one attached hydrogen (secondary N) is 1. The molecule has 148 valence electrons. The predicted octanol–water partition coefficient (Wildman–Crippen LogP) is 2.27. The van der Waals surface area contributed by atoms with Crippen LogP contribution in [0.4, 0.5) is 5.82 Å². The zero-order chi connectivity index (χ0) is 20.0. The van der Waals surface area contributed by atoms with Crippen LogP contribution in [0.25, 0.3) is 11.6 Å². The van der Waals surface area contributed by atoms with Gasteiger partial charge in [0.2, 0.25) is 11.8 Å². The average molecular weight is 389 g/mol. The highest BCUT2D eigenvalue weighted by Gasteiger charge is 2.38. The molecule has 7 heteroatoms. The highest BCUT2D eigenvalue weighted by atomic mass is 16.2. The van der Waals surface area contributed by atoms with E-state index in [0.29, 0.717) is 30.5 Å². The van der Waals surface area contributed by atoms with Gasteiger partial charge in [-0.3, -0.25) is 9.59 Å². The van der Waals surface area contributed by atoms with Gasteiger partial charge < -0.3 is 14.8 Å². The Kier molecular flexibility index (Phi) is 4.30. The van der Waals surface area contributed by atoms with Crippen molar-refractivity contribution in [2.75, 3.05) is 18.4 Å². The van der Waals surface area contributed by atoms with Crippen LogP contribution in [0.15, 0.2) is 36.8 Å². The molecule has 1 fully saturated rings. The maximum Gasteiger partial charge on any atom is 0.246 e. The summed E-state index contributed by atoms with van der Waals surface area (Å²) >= 11 is 0. The smallest absolute Gasteiger partial charge is 0.246 e. The van der Waals surface area contributed by atoms with Gasteiger partial charge in [-0.25, -0.2) is 9.97 Å². The number of carbonyl (C=O) groups is 2. The van der Waals surface area contributed by atoms with Crippen LogP contribution in [0.1, 0.15) is 29.8 Å². The topological polar surface area (TPSA) is 80.1 Å². The first kappa shape index (κ1) is 17.8. The van der Waals surface area contributed by atoms with Crippen molar-refractivity contribution in [3.63, 3.8) is 0 Å². The van der Waals surface area contributed by atoms with Crippen molar-refractivity contribution in [1.29, 1.82) is 0 Å². The van der Waals surface area contributed by atoms with Gasteiger partial charge in [0.25, 0.3) is 0 Å². The summed E-state index contributed by atoms with van der Waals surface area (Å²) < 4.78 is 2.05. The summed E-state index contributed by atoms with van der Waals surface area (Å²) in [6, 6.07) is 1.99. The molecule has 0 aromatic carbocycles. The number of aryl methyl sites for hydroxylation is 2. The Hall–Kier alpha value is -3.22. The fraction of sp³-hybridized carbons (Fsp3) is 0.364. The number of imidazole rings is 1. The van der Waals surface area contributed by atoms with Gasteiger partial charge >= 0.3 is 0 Å². The molecule has 0 spiro atoms. The maximum atomic E-state index is 12.7. The van der Waals surface area contributed by atoms with Gasteiger partial charge in [-0.05, 0) is 53.5 Å². The predicted molar refractivity (Wildman–Crippen MR) is 110 cm³/mol. The monoisotopic (exact) mass is 389 g/mol. The molecule has 1 saturated heterocycles. The second kappa shape index (κ2) is 6.99. The van der Waals surface area contributed by atoms with Crippen LogP contribution >= 0.6 is 0 Å². The number of allylic oxidation sites excluding steroid dienone is 1. The van der Waals surface area contributed by atoms with E-state index in [-0.39, 0.29) is 11.8 Å². The maximum absolute atomic E-state index is 12.7. The molecule has 2 unspecified atom stereocenters. The number of fused-ring (bicyclic) bond motifs is 2. The number of carbonyl (C=O) groups excluding carboxylic acids is 2. The largest absolute Gasteiger partial charge is 0.338 e. The number of nitrogens with zero attached hydrogens (tertiary/aromatic N) is 4. The fourth-order valence-corrected chi connectivity index (χ4v) is 4.57. The first-order valence-electron chi connectivity index (χ1n) is 10.0. The molecule has 0 radical (unpaired) electrons. The van der Waals surface area contributed by atoms with Gasteiger partial charge in [0.1, 0.15) is 11.6 Å². The standard InChI is InChI=1S/C22H23N5O2/c1-26-7-6-23-22(26)16-9-17-12-27(13-18(17)10-16)20(29)5-2-14-8-15-3-4-19(28)25-21(15)24-11-14/h2,5-9,11,17-18H,3-4,10,12-13H2,1H3,(H,24,25,28). The van der Waals surface area contributed by atoms with Gasteiger partial charge in [0.15, 0.2) is 0 Å². The molecule has 2 atom stereocenters. The number of pyridine rings is 1. The van der Waals surface area contributed by atoms with Crippen molar-refractivity contribution in [2.45, 2.75) is 19.3 Å². The van der Waals surface area contributed by atoms with Crippen LogP contribution in [-0.4, -0.2) is 44.3 Å². The molecule has 1 N–H and O–H groups in total. The van der Waals surface area contributed by atoms with Crippen molar-refractivity contribution in [1.82, 2.24) is 19.4 Å². The zero-order valence-corrected chi connectivity index (χ0v) is 16.3. The van der Waals surface area contributed by atoms with E-state index in [4.69, 9.17) is 0 Å². The van der Waals surface area contributed by atoms with Crippen LogP contribution < -0.4 is 5.32 Å². The Morgan fingerprint density at radius 1 is 1.28 bits per heavy atom. The minimum atomic E-state index is 0.00294. The van der Waals surface area contributed by atoms with Crippen LogP contribution in [-0.2, 0) is 23.1 Å². The molecule has 1 aliphatic carbocycles. The number of hydrogen-bond acceptors (Lipinski definition) is 4. The molecule has 5 rings (SSSR count). The van der Waals surface area contributed by atoms with E-state index in [1.54, 1.807) is 12.3 Å². The van der Waals surface area contributed by atoms with E-state index >= 15 is 0 Å². The third-order valence-electron chi connectivity index (χ3n) is 6.09. The van der Waals surface area contributed by atoms with E-state index in [1.165, 1.54) is 5.57 Å². The van der Waals surface area contributed by atoms with Gasteiger partial charge in [-0.1, -0.05) is 6.08 Å².